The maximum atomic E-state index is 11.5. The van der Waals surface area contributed by atoms with Gasteiger partial charge in [-0.1, -0.05) is 0 Å². The van der Waals surface area contributed by atoms with Crippen LogP contribution in [0.1, 0.15) is 17.8 Å². The lowest BCUT2D eigenvalue weighted by molar-refractivity contribution is 0.573. The fraction of sp³-hybridized carbons (Fsp3) is 0.667. The van der Waals surface area contributed by atoms with Gasteiger partial charge in [-0.25, -0.2) is 13.4 Å². The van der Waals surface area contributed by atoms with Crippen LogP contribution in [0, 0.1) is 0 Å². The van der Waals surface area contributed by atoms with Crippen molar-refractivity contribution >= 4 is 21.2 Å². The minimum absolute atomic E-state index is 0.183. The maximum Gasteiger partial charge on any atom is 0.154 e. The third-order valence-electron chi connectivity index (χ3n) is 2.59. The van der Waals surface area contributed by atoms with Crippen LogP contribution in [-0.4, -0.2) is 30.9 Å². The highest BCUT2D eigenvalue weighted by Crippen LogP contribution is 2.19. The summed E-state index contributed by atoms with van der Waals surface area (Å²) in [5, 5.41) is 5.90. The highest BCUT2D eigenvalue weighted by atomic mass is 32.2. The van der Waals surface area contributed by atoms with Gasteiger partial charge >= 0.3 is 0 Å². The quantitative estimate of drug-likeness (QED) is 0.854. The third-order valence-corrected chi connectivity index (χ3v) is 5.65. The van der Waals surface area contributed by atoms with Gasteiger partial charge in [0.25, 0.3) is 0 Å². The fourth-order valence-electron chi connectivity index (χ4n) is 1.77. The molecule has 1 aromatic heterocycles. The average Bonchev–Trinajstić information content (AvgIpc) is 2.77. The van der Waals surface area contributed by atoms with E-state index in [-0.39, 0.29) is 5.25 Å². The molecule has 2 rings (SSSR count). The Hall–Kier alpha value is -0.460. The van der Waals surface area contributed by atoms with Crippen LogP contribution in [0.3, 0.4) is 0 Å². The highest BCUT2D eigenvalue weighted by Gasteiger charge is 2.30. The van der Waals surface area contributed by atoms with Gasteiger partial charge < -0.3 is 5.32 Å². The van der Waals surface area contributed by atoms with Crippen molar-refractivity contribution in [3.8, 4) is 0 Å². The second-order valence-electron chi connectivity index (χ2n) is 3.69. The van der Waals surface area contributed by atoms with Crippen molar-refractivity contribution in [2.75, 3.05) is 12.3 Å². The highest BCUT2D eigenvalue weighted by molar-refractivity contribution is 7.92. The lowest BCUT2D eigenvalue weighted by Crippen LogP contribution is -2.30. The van der Waals surface area contributed by atoms with Gasteiger partial charge in [0.2, 0.25) is 0 Å². The maximum absolute atomic E-state index is 11.5. The summed E-state index contributed by atoms with van der Waals surface area (Å²) in [6.07, 6.45) is 3.37. The zero-order valence-electron chi connectivity index (χ0n) is 8.35. The molecule has 0 amide bonds. The number of nitrogens with one attached hydrogen (secondary N) is 1. The van der Waals surface area contributed by atoms with Gasteiger partial charge in [0.15, 0.2) is 9.84 Å². The predicted molar refractivity (Wildman–Crippen MR) is 60.6 cm³/mol. The number of sulfone groups is 1. The van der Waals surface area contributed by atoms with Crippen LogP contribution >= 0.6 is 11.3 Å². The summed E-state index contributed by atoms with van der Waals surface area (Å²) in [6, 6.07) is 0. The van der Waals surface area contributed by atoms with E-state index >= 15 is 0 Å². The van der Waals surface area contributed by atoms with E-state index < -0.39 is 9.84 Å². The first-order valence-electron chi connectivity index (χ1n) is 4.99. The minimum atomic E-state index is -2.81. The molecule has 0 spiro atoms. The van der Waals surface area contributed by atoms with Gasteiger partial charge in [-0.15, -0.1) is 11.3 Å². The van der Waals surface area contributed by atoms with E-state index in [2.05, 4.69) is 10.3 Å². The normalized spacial score (nSPS) is 24.4. The van der Waals surface area contributed by atoms with Crippen LogP contribution in [0.5, 0.6) is 0 Å². The fourth-order valence-corrected chi connectivity index (χ4v) is 4.15. The molecule has 0 aromatic carbocycles. The third kappa shape index (κ3) is 2.76. The zero-order chi connectivity index (χ0) is 10.7. The monoisotopic (exact) mass is 246 g/mol. The molecule has 0 saturated carbocycles. The molecule has 1 atom stereocenters. The second kappa shape index (κ2) is 4.59. The summed E-state index contributed by atoms with van der Waals surface area (Å²) >= 11 is 1.58. The Balaban J connectivity index is 1.79. The van der Waals surface area contributed by atoms with Crippen molar-refractivity contribution in [1.82, 2.24) is 10.3 Å². The molecule has 1 unspecified atom stereocenters. The standard InChI is InChI=1S/C9H14N2O2S2/c12-15(13)5-1-2-8(15)6-10-7-9-11-3-4-14-9/h3-4,8,10H,1-2,5-7H2. The SMILES string of the molecule is O=S1(=O)CCCC1CNCc1nccs1. The van der Waals surface area contributed by atoms with Gasteiger partial charge in [-0.2, -0.15) is 0 Å². The average molecular weight is 246 g/mol. The first kappa shape index (κ1) is 11.0. The molecule has 2 heterocycles. The molecule has 4 nitrogen and oxygen atoms in total. The summed E-state index contributed by atoms with van der Waals surface area (Å²) < 4.78 is 23.0. The van der Waals surface area contributed by atoms with Gasteiger partial charge in [0.1, 0.15) is 5.01 Å². The van der Waals surface area contributed by atoms with Crippen molar-refractivity contribution < 1.29 is 8.42 Å². The molecule has 6 heteroatoms. The Kier molecular flexibility index (Phi) is 3.38. The number of thiazole rings is 1. The Morgan fingerprint density at radius 2 is 2.47 bits per heavy atom. The van der Waals surface area contributed by atoms with Crippen molar-refractivity contribution in [3.63, 3.8) is 0 Å². The summed E-state index contributed by atoms with van der Waals surface area (Å²) in [4.78, 5) is 4.12. The van der Waals surface area contributed by atoms with Crippen molar-refractivity contribution in [1.29, 1.82) is 0 Å². The molecular weight excluding hydrogens is 232 g/mol. The molecule has 1 fully saturated rings. The van der Waals surface area contributed by atoms with E-state index in [1.807, 2.05) is 5.38 Å². The molecule has 0 bridgehead atoms. The topological polar surface area (TPSA) is 59.1 Å². The number of nitrogens with zero attached hydrogens (tertiary/aromatic N) is 1. The molecule has 84 valence electrons. The van der Waals surface area contributed by atoms with Crippen LogP contribution in [-0.2, 0) is 16.4 Å². The summed E-state index contributed by atoms with van der Waals surface area (Å²) in [7, 11) is -2.81. The number of aromatic nitrogens is 1. The van der Waals surface area contributed by atoms with E-state index in [9.17, 15) is 8.42 Å². The van der Waals surface area contributed by atoms with Crippen LogP contribution in [0.15, 0.2) is 11.6 Å². The van der Waals surface area contributed by atoms with Crippen molar-refractivity contribution in [2.24, 2.45) is 0 Å². The molecular formula is C9H14N2O2S2. The van der Waals surface area contributed by atoms with E-state index in [1.54, 1.807) is 17.5 Å². The Morgan fingerprint density at radius 1 is 1.60 bits per heavy atom. The molecule has 1 aliphatic rings. The van der Waals surface area contributed by atoms with Gasteiger partial charge in [-0.05, 0) is 12.8 Å². The van der Waals surface area contributed by atoms with Crippen LogP contribution < -0.4 is 5.32 Å². The molecule has 1 aliphatic heterocycles. The van der Waals surface area contributed by atoms with E-state index in [1.165, 1.54) is 0 Å². The van der Waals surface area contributed by atoms with E-state index in [0.29, 0.717) is 18.8 Å². The molecule has 1 saturated heterocycles. The van der Waals surface area contributed by atoms with Gasteiger partial charge in [0, 0.05) is 24.7 Å². The smallest absolute Gasteiger partial charge is 0.154 e. The Morgan fingerprint density at radius 3 is 3.07 bits per heavy atom. The van der Waals surface area contributed by atoms with Crippen LogP contribution in [0.4, 0.5) is 0 Å². The van der Waals surface area contributed by atoms with E-state index in [4.69, 9.17) is 0 Å². The summed E-state index contributed by atoms with van der Waals surface area (Å²) in [5.41, 5.74) is 0. The van der Waals surface area contributed by atoms with Crippen LogP contribution in [0.25, 0.3) is 0 Å². The molecule has 0 aliphatic carbocycles. The largest absolute Gasteiger partial charge is 0.309 e. The lowest BCUT2D eigenvalue weighted by atomic mass is 10.2. The van der Waals surface area contributed by atoms with Crippen LogP contribution in [0.2, 0.25) is 0 Å². The summed E-state index contributed by atoms with van der Waals surface area (Å²) in [6.45, 7) is 1.23. The van der Waals surface area contributed by atoms with Gasteiger partial charge in [0.05, 0.1) is 11.0 Å². The second-order valence-corrected chi connectivity index (χ2v) is 7.07. The van der Waals surface area contributed by atoms with Gasteiger partial charge in [-0.3, -0.25) is 0 Å². The first-order chi connectivity index (χ1) is 7.18. The first-order valence-corrected chi connectivity index (χ1v) is 7.58. The predicted octanol–water partition coefficient (Wildman–Crippen LogP) is 0.810. The molecule has 15 heavy (non-hydrogen) atoms. The van der Waals surface area contributed by atoms with Crippen molar-refractivity contribution in [2.45, 2.75) is 24.6 Å². The lowest BCUT2D eigenvalue weighted by Gasteiger charge is -2.09. The number of hydrogen-bond donors (Lipinski definition) is 1. The molecule has 1 N–H and O–H groups in total. The molecule has 0 radical (unpaired) electrons. The Bertz CT molecular complexity index is 400. The Labute approximate surface area is 93.7 Å². The molecule has 1 aromatic rings. The number of hydrogen-bond acceptors (Lipinski definition) is 5. The van der Waals surface area contributed by atoms with E-state index in [0.717, 1.165) is 17.8 Å². The van der Waals surface area contributed by atoms with Crippen molar-refractivity contribution in [3.05, 3.63) is 16.6 Å². The zero-order valence-corrected chi connectivity index (χ0v) is 9.98. The summed E-state index contributed by atoms with van der Waals surface area (Å²) in [5.74, 6) is 0.358. The number of rotatable bonds is 4. The minimum Gasteiger partial charge on any atom is -0.309 e.